The number of esters is 3. The summed E-state index contributed by atoms with van der Waals surface area (Å²) in [6.45, 7) is 5.62. The van der Waals surface area contributed by atoms with Gasteiger partial charge in [-0.1, -0.05) is 219 Å². The zero-order valence-electron chi connectivity index (χ0n) is 47.7. The zero-order chi connectivity index (χ0) is 56.1. The van der Waals surface area contributed by atoms with Crippen LogP contribution in [-0.4, -0.2) is 89.2 Å². The zero-order valence-corrected chi connectivity index (χ0v) is 47.7. The Bertz CT molecular complexity index is 1800. The highest BCUT2D eigenvalue weighted by Crippen LogP contribution is 2.26. The standard InChI is InChI=1S/C65H102O12/c1-4-7-10-13-16-19-22-25-27-28-29-30-32-34-36-39-42-45-48-51-57(66)73-54-56(75-58(67)52-49-46-43-40-38-35-31-26-23-20-17-14-11-8-5-2)55-74-65-63(61(70)60(69)62(77-65)64(71)72)76-59(68)53-50-47-44-41-37-33-24-21-18-15-12-9-6-3/h8-9,11-12,17-18,20-21,25-27,31,33,37-38,40,44,46-47,49,56,60-63,65,69-70H,4-7,10,13-16,19,22-24,28-30,32,34-36,39,41-43,45,48,50-55H2,1-3H3,(H,71,72)/b11-8-,12-9-,20-17-,21-18-,27-25-,31-26-,37-33-,40-38-,47-44-,49-46-. The molecule has 0 radical (unpaired) electrons. The van der Waals surface area contributed by atoms with Crippen LogP contribution in [0, 0.1) is 0 Å². The summed E-state index contributed by atoms with van der Waals surface area (Å²) in [4.78, 5) is 51.0. The number of unbranched alkanes of at least 4 members (excludes halogenated alkanes) is 15. The lowest BCUT2D eigenvalue weighted by molar-refractivity contribution is -0.301. The molecule has 1 heterocycles. The van der Waals surface area contributed by atoms with E-state index in [0.29, 0.717) is 25.7 Å². The molecule has 0 aromatic carbocycles. The van der Waals surface area contributed by atoms with Crippen LogP contribution in [0.3, 0.4) is 0 Å². The highest BCUT2D eigenvalue weighted by atomic mass is 16.7. The molecule has 0 amide bonds. The number of aliphatic hydroxyl groups is 2. The fourth-order valence-corrected chi connectivity index (χ4v) is 8.10. The highest BCUT2D eigenvalue weighted by molar-refractivity contribution is 5.74. The summed E-state index contributed by atoms with van der Waals surface area (Å²) in [5.74, 6) is -3.41. The largest absolute Gasteiger partial charge is 0.479 e. The Morgan fingerprint density at radius 1 is 0.455 bits per heavy atom. The SMILES string of the molecule is CC/C=C\C/C=C\C/C=C\C/C=C\C/C=C\CC(=O)OC(COC(=O)CCCCCCCCCCC/C=C\CCCCCCCC)COC1OC(C(=O)O)C(O)C(O)C1OC(=O)CC/C=C\C/C=C\C/C=C\C/C=C\CC. The van der Waals surface area contributed by atoms with Gasteiger partial charge in [-0.25, -0.2) is 4.79 Å². The normalized spacial score (nSPS) is 18.9. The maximum atomic E-state index is 13.1. The maximum Gasteiger partial charge on any atom is 0.335 e. The summed E-state index contributed by atoms with van der Waals surface area (Å²) in [7, 11) is 0. The van der Waals surface area contributed by atoms with E-state index < -0.39 is 67.3 Å². The van der Waals surface area contributed by atoms with E-state index in [0.717, 1.165) is 70.6 Å². The average molecular weight is 1080 g/mol. The number of hydrogen-bond acceptors (Lipinski definition) is 11. The van der Waals surface area contributed by atoms with Gasteiger partial charge in [0, 0.05) is 12.8 Å². The highest BCUT2D eigenvalue weighted by Gasteiger charge is 2.50. The van der Waals surface area contributed by atoms with Crippen molar-refractivity contribution in [3.05, 3.63) is 122 Å². The molecular formula is C65H102O12. The van der Waals surface area contributed by atoms with E-state index in [4.69, 9.17) is 23.7 Å². The van der Waals surface area contributed by atoms with Crippen LogP contribution in [0.25, 0.3) is 0 Å². The summed E-state index contributed by atoms with van der Waals surface area (Å²) < 4.78 is 28.2. The van der Waals surface area contributed by atoms with Crippen LogP contribution in [0.15, 0.2) is 122 Å². The molecular weight excluding hydrogens is 973 g/mol. The molecule has 1 aliphatic heterocycles. The summed E-state index contributed by atoms with van der Waals surface area (Å²) in [5, 5.41) is 31.4. The van der Waals surface area contributed by atoms with Gasteiger partial charge < -0.3 is 39.0 Å². The van der Waals surface area contributed by atoms with Crippen LogP contribution in [-0.2, 0) is 42.9 Å². The molecule has 12 heteroatoms. The summed E-state index contributed by atoms with van der Waals surface area (Å²) in [5.41, 5.74) is 0. The van der Waals surface area contributed by atoms with Crippen molar-refractivity contribution in [2.75, 3.05) is 13.2 Å². The molecule has 0 aliphatic carbocycles. The molecule has 1 rings (SSSR count). The first-order chi connectivity index (χ1) is 37.6. The van der Waals surface area contributed by atoms with E-state index >= 15 is 0 Å². The lowest BCUT2D eigenvalue weighted by atomic mass is 9.98. The van der Waals surface area contributed by atoms with Gasteiger partial charge in [-0.3, -0.25) is 14.4 Å². The van der Waals surface area contributed by atoms with Crippen molar-refractivity contribution in [2.24, 2.45) is 0 Å². The Morgan fingerprint density at radius 2 is 0.883 bits per heavy atom. The number of carboxylic acids is 1. The number of allylic oxidation sites excluding steroid dienone is 19. The van der Waals surface area contributed by atoms with E-state index in [1.165, 1.54) is 77.0 Å². The predicted octanol–water partition coefficient (Wildman–Crippen LogP) is 15.2. The number of aliphatic hydroxyl groups excluding tert-OH is 2. The minimum atomic E-state index is -1.94. The number of carboxylic acid groups (broad SMARTS) is 1. The number of carbonyl (C=O) groups excluding carboxylic acids is 3. The molecule has 77 heavy (non-hydrogen) atoms. The van der Waals surface area contributed by atoms with Gasteiger partial charge in [0.2, 0.25) is 0 Å². The van der Waals surface area contributed by atoms with Crippen LogP contribution in [0.4, 0.5) is 0 Å². The van der Waals surface area contributed by atoms with Gasteiger partial charge in [0.15, 0.2) is 24.6 Å². The van der Waals surface area contributed by atoms with E-state index in [1.54, 1.807) is 6.08 Å². The van der Waals surface area contributed by atoms with E-state index in [9.17, 15) is 34.5 Å². The predicted molar refractivity (Wildman–Crippen MR) is 312 cm³/mol. The van der Waals surface area contributed by atoms with Crippen molar-refractivity contribution >= 4 is 23.9 Å². The van der Waals surface area contributed by atoms with E-state index in [-0.39, 0.29) is 25.9 Å². The van der Waals surface area contributed by atoms with Gasteiger partial charge in [-0.2, -0.15) is 0 Å². The van der Waals surface area contributed by atoms with Crippen molar-refractivity contribution in [1.29, 1.82) is 0 Å². The third-order valence-corrected chi connectivity index (χ3v) is 12.6. The van der Waals surface area contributed by atoms with Gasteiger partial charge in [-0.05, 0) is 96.3 Å². The van der Waals surface area contributed by atoms with Gasteiger partial charge in [0.1, 0.15) is 18.8 Å². The second-order valence-corrected chi connectivity index (χ2v) is 19.5. The van der Waals surface area contributed by atoms with Gasteiger partial charge in [0.05, 0.1) is 13.0 Å². The second kappa shape index (κ2) is 51.9. The van der Waals surface area contributed by atoms with Crippen LogP contribution in [0.5, 0.6) is 0 Å². The molecule has 434 valence electrons. The first kappa shape index (κ1) is 70.1. The molecule has 0 spiro atoms. The van der Waals surface area contributed by atoms with Crippen LogP contribution >= 0.6 is 0 Å². The number of aliphatic carboxylic acids is 1. The summed E-state index contributed by atoms with van der Waals surface area (Å²) in [6, 6.07) is 0. The topological polar surface area (TPSA) is 175 Å². The van der Waals surface area contributed by atoms with Crippen molar-refractivity contribution in [2.45, 2.75) is 250 Å². The molecule has 0 bridgehead atoms. The van der Waals surface area contributed by atoms with Crippen molar-refractivity contribution in [3.8, 4) is 0 Å². The Balaban J connectivity index is 2.76. The molecule has 0 aromatic rings. The molecule has 12 nitrogen and oxygen atoms in total. The number of carbonyl (C=O) groups is 4. The quantitative estimate of drug-likeness (QED) is 0.0228. The number of ether oxygens (including phenoxy) is 5. The lowest BCUT2D eigenvalue weighted by Gasteiger charge is -2.40. The molecule has 3 N–H and O–H groups in total. The third kappa shape index (κ3) is 41.8. The Labute approximate surface area is 465 Å². The average Bonchev–Trinajstić information content (AvgIpc) is 3.41. The second-order valence-electron chi connectivity index (χ2n) is 19.5. The third-order valence-electron chi connectivity index (χ3n) is 12.6. The van der Waals surface area contributed by atoms with Crippen molar-refractivity contribution in [3.63, 3.8) is 0 Å². The maximum absolute atomic E-state index is 13.1. The fraction of sp³-hybridized carbons (Fsp3) is 0.631. The van der Waals surface area contributed by atoms with Crippen molar-refractivity contribution in [1.82, 2.24) is 0 Å². The summed E-state index contributed by atoms with van der Waals surface area (Å²) in [6.07, 6.45) is 59.4. The van der Waals surface area contributed by atoms with Gasteiger partial charge in [0.25, 0.3) is 0 Å². The minimum absolute atomic E-state index is 0.0771. The Hall–Kier alpha value is -4.88. The van der Waals surface area contributed by atoms with Crippen molar-refractivity contribution < 1.29 is 58.2 Å². The van der Waals surface area contributed by atoms with Gasteiger partial charge >= 0.3 is 23.9 Å². The molecule has 1 fully saturated rings. The fourth-order valence-electron chi connectivity index (χ4n) is 8.10. The summed E-state index contributed by atoms with van der Waals surface area (Å²) >= 11 is 0. The number of hydrogen-bond donors (Lipinski definition) is 3. The molecule has 1 saturated heterocycles. The molecule has 0 aromatic heterocycles. The van der Waals surface area contributed by atoms with Crippen LogP contribution in [0.2, 0.25) is 0 Å². The smallest absolute Gasteiger partial charge is 0.335 e. The molecule has 6 atom stereocenters. The molecule has 1 aliphatic rings. The Morgan fingerprint density at radius 3 is 1.36 bits per heavy atom. The lowest BCUT2D eigenvalue weighted by Crippen LogP contribution is -2.61. The number of rotatable bonds is 48. The Kier molecular flexibility index (Phi) is 47.2. The van der Waals surface area contributed by atoms with E-state index in [2.05, 4.69) is 99.8 Å². The molecule has 0 saturated carbocycles. The van der Waals surface area contributed by atoms with Crippen LogP contribution in [0.1, 0.15) is 213 Å². The first-order valence-corrected chi connectivity index (χ1v) is 29.5. The monoisotopic (exact) mass is 1070 g/mol. The van der Waals surface area contributed by atoms with Crippen LogP contribution < -0.4 is 0 Å². The first-order valence-electron chi connectivity index (χ1n) is 29.5. The minimum Gasteiger partial charge on any atom is -0.479 e. The molecule has 6 unspecified atom stereocenters. The van der Waals surface area contributed by atoms with E-state index in [1.807, 2.05) is 36.5 Å². The van der Waals surface area contributed by atoms with Gasteiger partial charge in [-0.15, -0.1) is 0 Å².